The fraction of sp³-hybridized carbons (Fsp3) is 0.364. The van der Waals surface area contributed by atoms with Gasteiger partial charge in [-0.05, 0) is 64.0 Å². The fourth-order valence-corrected chi connectivity index (χ4v) is 6.24. The van der Waals surface area contributed by atoms with Crippen molar-refractivity contribution in [1.29, 1.82) is 0 Å². The summed E-state index contributed by atoms with van der Waals surface area (Å²) in [5.41, 5.74) is 0.903. The summed E-state index contributed by atoms with van der Waals surface area (Å²) in [7, 11) is -4.25. The first kappa shape index (κ1) is 24.5. The Morgan fingerprint density at radius 3 is 2.56 bits per heavy atom. The van der Waals surface area contributed by atoms with Gasteiger partial charge in [-0.3, -0.25) is 13.9 Å². The van der Waals surface area contributed by atoms with Crippen LogP contribution in [0.4, 0.5) is 5.69 Å². The molecule has 32 heavy (non-hydrogen) atoms. The summed E-state index contributed by atoms with van der Waals surface area (Å²) in [4.78, 5) is 24.1. The van der Waals surface area contributed by atoms with Gasteiger partial charge in [0.2, 0.25) is 0 Å². The third kappa shape index (κ3) is 4.38. The zero-order chi connectivity index (χ0) is 23.8. The first-order valence-corrected chi connectivity index (χ1v) is 12.5. The van der Waals surface area contributed by atoms with Crippen LogP contribution in [0.5, 0.6) is 0 Å². The van der Waals surface area contributed by atoms with Crippen molar-refractivity contribution in [3.8, 4) is 0 Å². The van der Waals surface area contributed by atoms with Gasteiger partial charge in [-0.2, -0.15) is 0 Å². The molecule has 1 unspecified atom stereocenters. The largest absolute Gasteiger partial charge is 0.480 e. The number of fused-ring (bicyclic) bond motifs is 1. The normalized spacial score (nSPS) is 16.2. The Bertz CT molecular complexity index is 1180. The van der Waals surface area contributed by atoms with Crippen LogP contribution in [-0.4, -0.2) is 38.6 Å². The zero-order valence-electron chi connectivity index (χ0n) is 17.8. The molecule has 1 aliphatic heterocycles. The Kier molecular flexibility index (Phi) is 6.93. The van der Waals surface area contributed by atoms with E-state index in [2.05, 4.69) is 15.9 Å². The molecule has 1 N–H and O–H groups in total. The number of carboxylic acids is 1. The average molecular weight is 545 g/mol. The lowest BCUT2D eigenvalue weighted by molar-refractivity contribution is -0.153. The second kappa shape index (κ2) is 9.03. The Labute approximate surface area is 200 Å². The molecule has 10 heteroatoms. The van der Waals surface area contributed by atoms with E-state index in [4.69, 9.17) is 16.3 Å². The van der Waals surface area contributed by atoms with Gasteiger partial charge in [-0.1, -0.05) is 43.6 Å². The standard InChI is InChI=1S/C22H23BrClNO6S/c1-4-31-21(28)19(20(26)27)13-11-16(24)15(23)12-18(13)32(29,30)25-10-9-22(2,3)14-7-5-6-8-17(14)25/h5-8,11-12,19H,4,9-10H2,1-3H3,(H,26,27). The molecular weight excluding hydrogens is 522 g/mol. The molecule has 0 saturated heterocycles. The average Bonchev–Trinajstić information content (AvgIpc) is 2.70. The number of aliphatic carboxylic acids is 1. The molecule has 3 rings (SSSR count). The molecule has 0 radical (unpaired) electrons. The van der Waals surface area contributed by atoms with Crippen molar-refractivity contribution in [3.05, 3.63) is 57.0 Å². The predicted molar refractivity (Wildman–Crippen MR) is 125 cm³/mol. The Balaban J connectivity index is 2.24. The van der Waals surface area contributed by atoms with Crippen molar-refractivity contribution >= 4 is 55.2 Å². The van der Waals surface area contributed by atoms with E-state index in [9.17, 15) is 23.1 Å². The quantitative estimate of drug-likeness (QED) is 0.417. The first-order chi connectivity index (χ1) is 14.9. The van der Waals surface area contributed by atoms with E-state index >= 15 is 0 Å². The SMILES string of the molecule is CCOC(=O)C(C(=O)O)c1cc(Cl)c(Br)cc1S(=O)(=O)N1CCC(C)(C)c2ccccc21. The van der Waals surface area contributed by atoms with Crippen LogP contribution in [0.1, 0.15) is 44.2 Å². The number of ether oxygens (including phenoxy) is 1. The highest BCUT2D eigenvalue weighted by Gasteiger charge is 2.41. The van der Waals surface area contributed by atoms with Gasteiger partial charge in [0.15, 0.2) is 5.92 Å². The maximum atomic E-state index is 13.9. The summed E-state index contributed by atoms with van der Waals surface area (Å²) in [6, 6.07) is 9.63. The zero-order valence-corrected chi connectivity index (χ0v) is 20.9. The van der Waals surface area contributed by atoms with Gasteiger partial charge in [0, 0.05) is 11.0 Å². The summed E-state index contributed by atoms with van der Waals surface area (Å²) >= 11 is 9.39. The lowest BCUT2D eigenvalue weighted by atomic mass is 9.78. The van der Waals surface area contributed by atoms with Gasteiger partial charge in [-0.15, -0.1) is 0 Å². The molecule has 0 saturated carbocycles. The number of sulfonamides is 1. The highest BCUT2D eigenvalue weighted by molar-refractivity contribution is 9.10. The van der Waals surface area contributed by atoms with Crippen LogP contribution in [0.3, 0.4) is 0 Å². The van der Waals surface area contributed by atoms with Crippen LogP contribution in [0.25, 0.3) is 0 Å². The molecule has 7 nitrogen and oxygen atoms in total. The van der Waals surface area contributed by atoms with Crippen molar-refractivity contribution in [1.82, 2.24) is 0 Å². The molecule has 2 aromatic rings. The van der Waals surface area contributed by atoms with Crippen molar-refractivity contribution in [2.75, 3.05) is 17.5 Å². The summed E-state index contributed by atoms with van der Waals surface area (Å²) < 4.78 is 34.2. The Morgan fingerprint density at radius 2 is 1.94 bits per heavy atom. The molecule has 0 fully saturated rings. The third-order valence-corrected chi connectivity index (χ3v) is 8.61. The van der Waals surface area contributed by atoms with E-state index in [0.717, 1.165) is 5.56 Å². The molecule has 0 aliphatic carbocycles. The predicted octanol–water partition coefficient (Wildman–Crippen LogP) is 4.71. The minimum absolute atomic E-state index is 0.0520. The second-order valence-corrected chi connectivity index (χ2v) is 11.1. The van der Waals surface area contributed by atoms with Crippen molar-refractivity contribution in [2.24, 2.45) is 0 Å². The van der Waals surface area contributed by atoms with Gasteiger partial charge < -0.3 is 9.84 Å². The lowest BCUT2D eigenvalue weighted by Gasteiger charge is -2.39. The molecule has 1 aliphatic rings. The van der Waals surface area contributed by atoms with Crippen LogP contribution in [0, 0.1) is 0 Å². The molecule has 0 amide bonds. The number of carbonyl (C=O) groups excluding carboxylic acids is 1. The number of benzene rings is 2. The number of para-hydroxylation sites is 1. The van der Waals surface area contributed by atoms with Crippen molar-refractivity contribution < 1.29 is 27.9 Å². The Morgan fingerprint density at radius 1 is 1.28 bits per heavy atom. The van der Waals surface area contributed by atoms with E-state index in [0.29, 0.717) is 12.1 Å². The van der Waals surface area contributed by atoms with Crippen LogP contribution in [0.2, 0.25) is 5.02 Å². The first-order valence-electron chi connectivity index (χ1n) is 9.92. The molecule has 1 atom stereocenters. The van der Waals surface area contributed by atoms with Gasteiger partial charge in [0.25, 0.3) is 10.0 Å². The van der Waals surface area contributed by atoms with E-state index < -0.39 is 27.9 Å². The molecule has 0 spiro atoms. The molecule has 0 aromatic heterocycles. The van der Waals surface area contributed by atoms with Gasteiger partial charge in [0.1, 0.15) is 0 Å². The molecule has 172 valence electrons. The van der Waals surface area contributed by atoms with Gasteiger partial charge in [-0.25, -0.2) is 8.42 Å². The van der Waals surface area contributed by atoms with Crippen molar-refractivity contribution in [2.45, 2.75) is 43.4 Å². The number of hydrogen-bond donors (Lipinski definition) is 1. The number of esters is 1. The third-order valence-electron chi connectivity index (χ3n) is 5.54. The van der Waals surface area contributed by atoms with Crippen LogP contribution in [0.15, 0.2) is 45.8 Å². The molecule has 1 heterocycles. The monoisotopic (exact) mass is 543 g/mol. The summed E-state index contributed by atoms with van der Waals surface area (Å²) in [6.07, 6.45) is 0.563. The van der Waals surface area contributed by atoms with E-state index in [1.54, 1.807) is 12.1 Å². The number of nitrogens with zero attached hydrogens (tertiary/aromatic N) is 1. The number of rotatable bonds is 6. The lowest BCUT2D eigenvalue weighted by Crippen LogP contribution is -2.41. The van der Waals surface area contributed by atoms with Gasteiger partial charge >= 0.3 is 11.9 Å². The molecular formula is C22H23BrClNO6S. The van der Waals surface area contributed by atoms with Crippen LogP contribution in [-0.2, 0) is 29.8 Å². The van der Waals surface area contributed by atoms with Crippen LogP contribution >= 0.6 is 27.5 Å². The Hall–Kier alpha value is -2.10. The van der Waals surface area contributed by atoms with E-state index in [1.807, 2.05) is 26.0 Å². The van der Waals surface area contributed by atoms with E-state index in [-0.39, 0.29) is 38.5 Å². The van der Waals surface area contributed by atoms with Crippen molar-refractivity contribution in [3.63, 3.8) is 0 Å². The highest BCUT2D eigenvalue weighted by Crippen LogP contribution is 2.43. The number of halogens is 2. The minimum Gasteiger partial charge on any atom is -0.480 e. The second-order valence-electron chi connectivity index (χ2n) is 8.06. The summed E-state index contributed by atoms with van der Waals surface area (Å²) in [5.74, 6) is -4.43. The topological polar surface area (TPSA) is 101 Å². The number of carboxylic acid groups (broad SMARTS) is 1. The maximum Gasteiger partial charge on any atom is 0.324 e. The number of anilines is 1. The summed E-state index contributed by atoms with van der Waals surface area (Å²) in [6.45, 7) is 5.77. The minimum atomic E-state index is -4.25. The van der Waals surface area contributed by atoms with E-state index in [1.165, 1.54) is 23.4 Å². The molecule has 2 aromatic carbocycles. The fourth-order valence-electron chi connectivity index (χ4n) is 3.85. The van der Waals surface area contributed by atoms with Gasteiger partial charge in [0.05, 0.1) is 22.2 Å². The number of hydrogen-bond acceptors (Lipinski definition) is 5. The highest BCUT2D eigenvalue weighted by atomic mass is 79.9. The van der Waals surface area contributed by atoms with Crippen LogP contribution < -0.4 is 4.31 Å². The maximum absolute atomic E-state index is 13.9. The summed E-state index contributed by atoms with van der Waals surface area (Å²) in [5, 5.41) is 9.83. The molecule has 0 bridgehead atoms. The smallest absolute Gasteiger partial charge is 0.324 e. The number of carbonyl (C=O) groups is 2.